The molecular formula is C21H22N2O4. The molecule has 0 aliphatic carbocycles. The number of para-hydroxylation sites is 1. The van der Waals surface area contributed by atoms with Crippen LogP contribution in [0.1, 0.15) is 36.7 Å². The number of nitrogens with one attached hydrogen (secondary N) is 1. The van der Waals surface area contributed by atoms with Crippen LogP contribution in [0.4, 0.5) is 11.4 Å². The molecule has 2 aromatic rings. The Morgan fingerprint density at radius 2 is 1.78 bits per heavy atom. The van der Waals surface area contributed by atoms with Crippen LogP contribution in [-0.2, 0) is 20.7 Å². The Hall–Kier alpha value is -3.15. The number of hydrogen-bond acceptors (Lipinski definition) is 4. The molecule has 0 radical (unpaired) electrons. The van der Waals surface area contributed by atoms with E-state index in [1.165, 1.54) is 6.92 Å². The van der Waals surface area contributed by atoms with Crippen LogP contribution in [-0.4, -0.2) is 29.9 Å². The highest BCUT2D eigenvalue weighted by Gasteiger charge is 2.34. The summed E-state index contributed by atoms with van der Waals surface area (Å²) < 4.78 is 5.38. The molecule has 2 atom stereocenters. The Bertz CT molecular complexity index is 876. The Balaban J connectivity index is 1.68. The molecule has 6 heteroatoms. The number of carbonyl (C=O) groups excluding carboxylic acids is 3. The number of benzene rings is 2. The third kappa shape index (κ3) is 4.00. The third-order valence-electron chi connectivity index (χ3n) is 4.52. The second kappa shape index (κ2) is 7.61. The summed E-state index contributed by atoms with van der Waals surface area (Å²) in [6, 6.07) is 14.1. The van der Waals surface area contributed by atoms with Gasteiger partial charge in [0, 0.05) is 24.3 Å². The van der Waals surface area contributed by atoms with Crippen LogP contribution in [0.5, 0.6) is 0 Å². The molecular weight excluding hydrogens is 344 g/mol. The molecule has 0 saturated heterocycles. The van der Waals surface area contributed by atoms with Gasteiger partial charge in [0.2, 0.25) is 5.91 Å². The molecule has 6 nitrogen and oxygen atoms in total. The minimum atomic E-state index is -0.902. The molecule has 1 aliphatic rings. The van der Waals surface area contributed by atoms with Crippen molar-refractivity contribution in [2.45, 2.75) is 39.3 Å². The topological polar surface area (TPSA) is 75.7 Å². The van der Waals surface area contributed by atoms with Gasteiger partial charge in [-0.1, -0.05) is 18.2 Å². The van der Waals surface area contributed by atoms with E-state index in [1.54, 1.807) is 36.1 Å². The summed E-state index contributed by atoms with van der Waals surface area (Å²) in [5, 5.41) is 2.63. The summed E-state index contributed by atoms with van der Waals surface area (Å²) >= 11 is 0. The van der Waals surface area contributed by atoms with Crippen molar-refractivity contribution in [3.8, 4) is 0 Å². The van der Waals surface area contributed by atoms with E-state index in [2.05, 4.69) is 5.32 Å². The molecule has 1 N–H and O–H groups in total. The van der Waals surface area contributed by atoms with Crippen molar-refractivity contribution < 1.29 is 19.1 Å². The highest BCUT2D eigenvalue weighted by molar-refractivity contribution is 6.01. The molecule has 1 heterocycles. The van der Waals surface area contributed by atoms with Gasteiger partial charge in [-0.25, -0.2) is 4.79 Å². The Morgan fingerprint density at radius 3 is 2.44 bits per heavy atom. The van der Waals surface area contributed by atoms with Gasteiger partial charge in [-0.3, -0.25) is 9.59 Å². The Morgan fingerprint density at radius 1 is 1.11 bits per heavy atom. The normalized spacial score (nSPS) is 16.4. The number of hydrogen-bond donors (Lipinski definition) is 1. The zero-order chi connectivity index (χ0) is 19.6. The minimum absolute atomic E-state index is 0.0213. The fraction of sp³-hybridized carbons (Fsp3) is 0.286. The first-order chi connectivity index (χ1) is 12.9. The monoisotopic (exact) mass is 366 g/mol. The lowest BCUT2D eigenvalue weighted by atomic mass is 10.1. The van der Waals surface area contributed by atoms with Crippen molar-refractivity contribution in [3.05, 3.63) is 59.7 Å². The largest absolute Gasteiger partial charge is 0.449 e. The molecule has 2 aromatic carbocycles. The second-order valence-corrected chi connectivity index (χ2v) is 6.70. The highest BCUT2D eigenvalue weighted by atomic mass is 16.5. The van der Waals surface area contributed by atoms with Crippen molar-refractivity contribution in [1.82, 2.24) is 0 Å². The molecule has 0 unspecified atom stereocenters. The predicted octanol–water partition coefficient (Wildman–Crippen LogP) is 3.17. The highest BCUT2D eigenvalue weighted by Crippen LogP contribution is 2.32. The van der Waals surface area contributed by atoms with Gasteiger partial charge in [0.25, 0.3) is 5.91 Å². The van der Waals surface area contributed by atoms with Gasteiger partial charge in [-0.2, -0.15) is 0 Å². The molecule has 2 amide bonds. The summed E-state index contributed by atoms with van der Waals surface area (Å²) in [4.78, 5) is 38.0. The zero-order valence-electron chi connectivity index (χ0n) is 15.6. The van der Waals surface area contributed by atoms with Gasteiger partial charge in [-0.05, 0) is 56.2 Å². The van der Waals surface area contributed by atoms with Crippen molar-refractivity contribution in [2.24, 2.45) is 0 Å². The summed E-state index contributed by atoms with van der Waals surface area (Å²) in [6.45, 7) is 4.97. The van der Waals surface area contributed by atoms with Crippen LogP contribution in [0.3, 0.4) is 0 Å². The molecule has 0 fully saturated rings. The van der Waals surface area contributed by atoms with Gasteiger partial charge in [-0.15, -0.1) is 0 Å². The SMILES string of the molecule is CC(=O)Nc1ccc(C(=O)O[C@@H](C)C(=O)N2c3ccccc3C[C@H]2C)cc1. The second-order valence-electron chi connectivity index (χ2n) is 6.70. The van der Waals surface area contributed by atoms with E-state index >= 15 is 0 Å². The van der Waals surface area contributed by atoms with Crippen LogP contribution in [0.25, 0.3) is 0 Å². The maximum atomic E-state index is 12.9. The van der Waals surface area contributed by atoms with Crippen LogP contribution in [0, 0.1) is 0 Å². The number of rotatable bonds is 4. The predicted molar refractivity (Wildman–Crippen MR) is 103 cm³/mol. The first-order valence-electron chi connectivity index (χ1n) is 8.86. The van der Waals surface area contributed by atoms with Crippen molar-refractivity contribution >= 4 is 29.2 Å². The van der Waals surface area contributed by atoms with Gasteiger partial charge in [0.1, 0.15) is 0 Å². The lowest BCUT2D eigenvalue weighted by Gasteiger charge is -2.26. The number of esters is 1. The van der Waals surface area contributed by atoms with E-state index in [0.29, 0.717) is 11.3 Å². The number of nitrogens with zero attached hydrogens (tertiary/aromatic N) is 1. The molecule has 0 spiro atoms. The molecule has 3 rings (SSSR count). The molecule has 0 saturated carbocycles. The van der Waals surface area contributed by atoms with E-state index in [1.807, 2.05) is 31.2 Å². The van der Waals surface area contributed by atoms with Crippen molar-refractivity contribution in [1.29, 1.82) is 0 Å². The molecule has 27 heavy (non-hydrogen) atoms. The van der Waals surface area contributed by atoms with Gasteiger partial charge in [0.15, 0.2) is 6.10 Å². The number of ether oxygens (including phenoxy) is 1. The summed E-state index contributed by atoms with van der Waals surface area (Å²) in [5.41, 5.74) is 2.90. The minimum Gasteiger partial charge on any atom is -0.449 e. The molecule has 0 aromatic heterocycles. The lowest BCUT2D eigenvalue weighted by Crippen LogP contribution is -2.43. The molecule has 1 aliphatic heterocycles. The lowest BCUT2D eigenvalue weighted by molar-refractivity contribution is -0.126. The average Bonchev–Trinajstić information content (AvgIpc) is 2.96. The first kappa shape index (κ1) is 18.6. The summed E-state index contributed by atoms with van der Waals surface area (Å²) in [7, 11) is 0. The van der Waals surface area contributed by atoms with Gasteiger partial charge >= 0.3 is 5.97 Å². The first-order valence-corrected chi connectivity index (χ1v) is 8.86. The van der Waals surface area contributed by atoms with E-state index < -0.39 is 12.1 Å². The molecule has 140 valence electrons. The Labute approximate surface area is 158 Å². The number of anilines is 2. The summed E-state index contributed by atoms with van der Waals surface area (Å²) in [5.74, 6) is -1.01. The fourth-order valence-corrected chi connectivity index (χ4v) is 3.27. The quantitative estimate of drug-likeness (QED) is 0.844. The summed E-state index contributed by atoms with van der Waals surface area (Å²) in [6.07, 6.45) is -0.117. The van der Waals surface area contributed by atoms with Crippen molar-refractivity contribution in [3.63, 3.8) is 0 Å². The zero-order valence-corrected chi connectivity index (χ0v) is 15.6. The van der Waals surface area contributed by atoms with E-state index in [9.17, 15) is 14.4 Å². The van der Waals surface area contributed by atoms with Crippen LogP contribution >= 0.6 is 0 Å². The van der Waals surface area contributed by atoms with Crippen LogP contribution in [0.2, 0.25) is 0 Å². The maximum Gasteiger partial charge on any atom is 0.338 e. The number of fused-ring (bicyclic) bond motifs is 1. The fourth-order valence-electron chi connectivity index (χ4n) is 3.27. The maximum absolute atomic E-state index is 12.9. The number of carbonyl (C=O) groups is 3. The number of amides is 2. The third-order valence-corrected chi connectivity index (χ3v) is 4.52. The van der Waals surface area contributed by atoms with E-state index in [4.69, 9.17) is 4.74 Å². The Kier molecular flexibility index (Phi) is 5.26. The van der Waals surface area contributed by atoms with Crippen LogP contribution < -0.4 is 10.2 Å². The van der Waals surface area contributed by atoms with Gasteiger partial charge < -0.3 is 15.0 Å². The standard InChI is InChI=1S/C21H22N2O4/c1-13-12-17-6-4-5-7-19(17)23(13)20(25)14(2)27-21(26)16-8-10-18(11-9-16)22-15(3)24/h4-11,13-14H,12H2,1-3H3,(H,22,24)/t13-,14+/m1/s1. The van der Waals surface area contributed by atoms with Gasteiger partial charge in [0.05, 0.1) is 5.56 Å². The average molecular weight is 366 g/mol. The van der Waals surface area contributed by atoms with E-state index in [0.717, 1.165) is 17.7 Å². The smallest absolute Gasteiger partial charge is 0.338 e. The van der Waals surface area contributed by atoms with Crippen molar-refractivity contribution in [2.75, 3.05) is 10.2 Å². The van der Waals surface area contributed by atoms with E-state index in [-0.39, 0.29) is 17.9 Å². The molecule has 0 bridgehead atoms. The van der Waals surface area contributed by atoms with Crippen LogP contribution in [0.15, 0.2) is 48.5 Å².